The number of nitrogens with one attached hydrogen (secondary N) is 1. The second-order valence-corrected chi connectivity index (χ2v) is 5.24. The van der Waals surface area contributed by atoms with Gasteiger partial charge in [-0.25, -0.2) is 13.1 Å². The molecule has 0 aliphatic rings. The third-order valence-electron chi connectivity index (χ3n) is 2.28. The minimum absolute atomic E-state index is 0.127. The van der Waals surface area contributed by atoms with E-state index in [-0.39, 0.29) is 29.4 Å². The van der Waals surface area contributed by atoms with E-state index >= 15 is 0 Å². The van der Waals surface area contributed by atoms with Crippen molar-refractivity contribution in [3.05, 3.63) is 18.2 Å². The monoisotopic (exact) mass is 289 g/mol. The number of ether oxygens (including phenoxy) is 2. The van der Waals surface area contributed by atoms with Crippen LogP contribution in [-0.4, -0.2) is 40.3 Å². The molecule has 0 radical (unpaired) electrons. The quantitative estimate of drug-likeness (QED) is 0.756. The molecule has 2 N–H and O–H groups in total. The summed E-state index contributed by atoms with van der Waals surface area (Å²) >= 11 is 0. The Bertz CT molecular complexity index is 532. The maximum Gasteiger partial charge on any atom is 0.304 e. The Morgan fingerprint density at radius 2 is 1.79 bits per heavy atom. The lowest BCUT2D eigenvalue weighted by Gasteiger charge is -2.13. The number of rotatable bonds is 7. The fourth-order valence-electron chi connectivity index (χ4n) is 1.45. The second kappa shape index (κ2) is 6.39. The highest BCUT2D eigenvalue weighted by atomic mass is 32.2. The van der Waals surface area contributed by atoms with Crippen LogP contribution in [0.3, 0.4) is 0 Å². The molecule has 8 heteroatoms. The predicted molar refractivity (Wildman–Crippen MR) is 67.0 cm³/mol. The Morgan fingerprint density at radius 1 is 1.26 bits per heavy atom. The molecule has 1 aromatic carbocycles. The topological polar surface area (TPSA) is 102 Å². The van der Waals surface area contributed by atoms with Crippen LogP contribution in [0.5, 0.6) is 11.5 Å². The van der Waals surface area contributed by atoms with Crippen molar-refractivity contribution in [1.29, 1.82) is 0 Å². The van der Waals surface area contributed by atoms with Crippen molar-refractivity contribution < 1.29 is 27.8 Å². The minimum Gasteiger partial charge on any atom is -0.495 e. The smallest absolute Gasteiger partial charge is 0.304 e. The van der Waals surface area contributed by atoms with Gasteiger partial charge in [0.25, 0.3) is 0 Å². The molecular weight excluding hydrogens is 274 g/mol. The molecule has 0 spiro atoms. The van der Waals surface area contributed by atoms with Crippen LogP contribution in [0.4, 0.5) is 0 Å². The molecule has 1 rings (SSSR count). The van der Waals surface area contributed by atoms with E-state index in [0.29, 0.717) is 0 Å². The first-order chi connectivity index (χ1) is 8.92. The average Bonchev–Trinajstić information content (AvgIpc) is 2.36. The molecule has 0 fully saturated rings. The maximum absolute atomic E-state index is 12.1. The van der Waals surface area contributed by atoms with Crippen molar-refractivity contribution in [2.24, 2.45) is 0 Å². The first-order valence-corrected chi connectivity index (χ1v) is 6.83. The van der Waals surface area contributed by atoms with Gasteiger partial charge in [-0.15, -0.1) is 0 Å². The van der Waals surface area contributed by atoms with Gasteiger partial charge in [-0.1, -0.05) is 6.07 Å². The third kappa shape index (κ3) is 3.83. The lowest BCUT2D eigenvalue weighted by Crippen LogP contribution is -2.27. The zero-order valence-corrected chi connectivity index (χ0v) is 11.4. The van der Waals surface area contributed by atoms with Gasteiger partial charge < -0.3 is 14.6 Å². The number of hydrogen-bond donors (Lipinski definition) is 2. The predicted octanol–water partition coefficient (Wildman–Crippen LogP) is 0.457. The van der Waals surface area contributed by atoms with E-state index < -0.39 is 16.0 Å². The summed E-state index contributed by atoms with van der Waals surface area (Å²) in [6.07, 6.45) is -0.309. The van der Waals surface area contributed by atoms with Gasteiger partial charge in [-0.05, 0) is 12.1 Å². The van der Waals surface area contributed by atoms with E-state index in [1.165, 1.54) is 26.4 Å². The van der Waals surface area contributed by atoms with Crippen molar-refractivity contribution >= 4 is 16.0 Å². The molecule has 0 aromatic heterocycles. The molecule has 19 heavy (non-hydrogen) atoms. The van der Waals surface area contributed by atoms with Crippen molar-refractivity contribution in [2.45, 2.75) is 11.3 Å². The number of carbonyl (C=O) groups is 1. The number of methoxy groups -OCH3 is 2. The van der Waals surface area contributed by atoms with E-state index in [2.05, 4.69) is 4.72 Å². The number of sulfonamides is 1. The summed E-state index contributed by atoms with van der Waals surface area (Å²) in [6, 6.07) is 4.55. The number of aliphatic carboxylic acids is 1. The summed E-state index contributed by atoms with van der Waals surface area (Å²) in [4.78, 5) is 10.2. The Kier molecular flexibility index (Phi) is 5.13. The van der Waals surface area contributed by atoms with Crippen molar-refractivity contribution in [2.75, 3.05) is 20.8 Å². The van der Waals surface area contributed by atoms with Crippen LogP contribution in [0.2, 0.25) is 0 Å². The van der Waals surface area contributed by atoms with Crippen molar-refractivity contribution in [3.8, 4) is 11.5 Å². The van der Waals surface area contributed by atoms with Crippen LogP contribution in [0.25, 0.3) is 0 Å². The molecule has 7 nitrogen and oxygen atoms in total. The second-order valence-electron chi connectivity index (χ2n) is 3.53. The molecule has 0 heterocycles. The zero-order chi connectivity index (χ0) is 14.5. The third-order valence-corrected chi connectivity index (χ3v) is 3.81. The number of carboxylic acids is 1. The average molecular weight is 289 g/mol. The molecule has 0 saturated carbocycles. The standard InChI is InChI=1S/C11H15NO6S/c1-17-8-4-3-5-9(18-2)11(8)19(15,16)12-7-6-10(13)14/h3-5,12H,6-7H2,1-2H3,(H,13,14). The van der Waals surface area contributed by atoms with Gasteiger partial charge in [-0.3, -0.25) is 4.79 Å². The molecule has 1 aromatic rings. The Hall–Kier alpha value is -1.80. The molecule has 0 aliphatic carbocycles. The first kappa shape index (κ1) is 15.3. The van der Waals surface area contributed by atoms with Gasteiger partial charge in [0.2, 0.25) is 10.0 Å². The number of carboxylic acid groups (broad SMARTS) is 1. The van der Waals surface area contributed by atoms with Gasteiger partial charge in [0.05, 0.1) is 20.6 Å². The van der Waals surface area contributed by atoms with E-state index in [9.17, 15) is 13.2 Å². The van der Waals surface area contributed by atoms with Crippen LogP contribution < -0.4 is 14.2 Å². The van der Waals surface area contributed by atoms with Crippen LogP contribution in [0.1, 0.15) is 6.42 Å². The van der Waals surface area contributed by atoms with E-state index in [0.717, 1.165) is 0 Å². The van der Waals surface area contributed by atoms with E-state index in [4.69, 9.17) is 14.6 Å². The zero-order valence-electron chi connectivity index (χ0n) is 10.5. The van der Waals surface area contributed by atoms with Crippen molar-refractivity contribution in [1.82, 2.24) is 4.72 Å². The summed E-state index contributed by atoms with van der Waals surface area (Å²) < 4.78 is 36.4. The molecular formula is C11H15NO6S. The van der Waals surface area contributed by atoms with Gasteiger partial charge in [-0.2, -0.15) is 0 Å². The molecule has 0 unspecified atom stereocenters. The number of hydrogen-bond acceptors (Lipinski definition) is 5. The van der Waals surface area contributed by atoms with Crippen LogP contribution in [0.15, 0.2) is 23.1 Å². The highest BCUT2D eigenvalue weighted by Gasteiger charge is 2.24. The van der Waals surface area contributed by atoms with E-state index in [1.807, 2.05) is 0 Å². The Labute approximate surface area is 111 Å². The van der Waals surface area contributed by atoms with Gasteiger partial charge in [0.15, 0.2) is 4.90 Å². The minimum atomic E-state index is -3.90. The van der Waals surface area contributed by atoms with Crippen LogP contribution >= 0.6 is 0 Å². The first-order valence-electron chi connectivity index (χ1n) is 5.35. The van der Waals surface area contributed by atoms with Gasteiger partial charge >= 0.3 is 5.97 Å². The number of benzene rings is 1. The van der Waals surface area contributed by atoms with Gasteiger partial charge in [0.1, 0.15) is 11.5 Å². The summed E-state index contributed by atoms with van der Waals surface area (Å²) in [5, 5.41) is 8.50. The van der Waals surface area contributed by atoms with Crippen LogP contribution in [0, 0.1) is 0 Å². The normalized spacial score (nSPS) is 11.1. The molecule has 0 amide bonds. The summed E-state index contributed by atoms with van der Waals surface area (Å²) in [5.74, 6) is -0.834. The highest BCUT2D eigenvalue weighted by molar-refractivity contribution is 7.89. The molecule has 0 saturated heterocycles. The largest absolute Gasteiger partial charge is 0.495 e. The molecule has 0 bridgehead atoms. The fraction of sp³-hybridized carbons (Fsp3) is 0.364. The summed E-state index contributed by atoms with van der Waals surface area (Å²) in [6.45, 7) is -0.209. The fourth-order valence-corrected chi connectivity index (χ4v) is 2.79. The summed E-state index contributed by atoms with van der Waals surface area (Å²) in [7, 11) is -1.23. The van der Waals surface area contributed by atoms with Crippen LogP contribution in [-0.2, 0) is 14.8 Å². The molecule has 106 valence electrons. The molecule has 0 aliphatic heterocycles. The molecule has 0 atom stereocenters. The lowest BCUT2D eigenvalue weighted by atomic mass is 10.3. The lowest BCUT2D eigenvalue weighted by molar-refractivity contribution is -0.136. The Morgan fingerprint density at radius 3 is 2.21 bits per heavy atom. The highest BCUT2D eigenvalue weighted by Crippen LogP contribution is 2.32. The van der Waals surface area contributed by atoms with Gasteiger partial charge in [0, 0.05) is 6.54 Å². The van der Waals surface area contributed by atoms with Crippen molar-refractivity contribution in [3.63, 3.8) is 0 Å². The Balaban J connectivity index is 3.09. The SMILES string of the molecule is COc1cccc(OC)c1S(=O)(=O)NCCC(=O)O. The maximum atomic E-state index is 12.1. The van der Waals surface area contributed by atoms with E-state index in [1.54, 1.807) is 6.07 Å². The summed E-state index contributed by atoms with van der Waals surface area (Å²) in [5.41, 5.74) is 0.